The number of likely N-dealkylation sites (N-methyl/N-ethyl adjacent to an activating group) is 1. The summed E-state index contributed by atoms with van der Waals surface area (Å²) >= 11 is 7.19. The van der Waals surface area contributed by atoms with E-state index in [4.69, 9.17) is 11.6 Å². The summed E-state index contributed by atoms with van der Waals surface area (Å²) in [5.74, 6) is -0.628. The average molecular weight is 300 g/mol. The maximum atomic E-state index is 12.2. The van der Waals surface area contributed by atoms with E-state index in [-0.39, 0.29) is 28.0 Å². The van der Waals surface area contributed by atoms with Crippen molar-refractivity contribution in [3.63, 3.8) is 0 Å². The molecule has 1 N–H and O–H groups in total. The van der Waals surface area contributed by atoms with Gasteiger partial charge in [-0.3, -0.25) is 9.59 Å². The second-order valence-electron chi connectivity index (χ2n) is 4.49. The number of thiazole rings is 1. The van der Waals surface area contributed by atoms with E-state index in [1.54, 1.807) is 6.92 Å². The number of nitrogens with one attached hydrogen (secondary N) is 1. The number of hydrogen-bond donors (Lipinski definition) is 1. The topological polar surface area (TPSA) is 62.3 Å². The number of allylic oxidation sites excluding steroid dienone is 2. The van der Waals surface area contributed by atoms with Gasteiger partial charge in [0.15, 0.2) is 0 Å². The zero-order valence-electron chi connectivity index (χ0n) is 10.9. The summed E-state index contributed by atoms with van der Waals surface area (Å²) in [6.45, 7) is 3.03. The first-order valence-corrected chi connectivity index (χ1v) is 6.96. The summed E-state index contributed by atoms with van der Waals surface area (Å²) in [6, 6.07) is 0. The highest BCUT2D eigenvalue weighted by Gasteiger charge is 2.34. The Hall–Kier alpha value is -1.24. The maximum absolute atomic E-state index is 12.2. The Morgan fingerprint density at radius 1 is 1.32 bits per heavy atom. The van der Waals surface area contributed by atoms with Crippen molar-refractivity contribution in [1.29, 1.82) is 0 Å². The van der Waals surface area contributed by atoms with Gasteiger partial charge in [-0.2, -0.15) is 0 Å². The highest BCUT2D eigenvalue weighted by Crippen LogP contribution is 2.30. The number of halogens is 1. The van der Waals surface area contributed by atoms with Gasteiger partial charge in [0.05, 0.1) is 5.01 Å². The van der Waals surface area contributed by atoms with Gasteiger partial charge in [-0.25, -0.2) is 4.98 Å². The summed E-state index contributed by atoms with van der Waals surface area (Å²) < 4.78 is 0. The Kier molecular flexibility index (Phi) is 4.03. The third-order valence-electron chi connectivity index (χ3n) is 2.66. The quantitative estimate of drug-likeness (QED) is 0.911. The van der Waals surface area contributed by atoms with Crippen molar-refractivity contribution in [2.24, 2.45) is 0 Å². The number of hydrogen-bond acceptors (Lipinski definition) is 6. The smallest absolute Gasteiger partial charge is 0.230 e. The number of Topliss-reactive ketones (excluding diaryl/α,β-unsaturated/α-hetero) is 2. The third-order valence-corrected chi connectivity index (χ3v) is 3.99. The Bertz CT molecular complexity index is 578. The summed E-state index contributed by atoms with van der Waals surface area (Å²) in [5.41, 5.74) is 0.371. The molecule has 7 heteroatoms. The summed E-state index contributed by atoms with van der Waals surface area (Å²) in [6.07, 6.45) is 0. The molecule has 0 aliphatic heterocycles. The number of fused-ring (bicyclic) bond motifs is 1. The Morgan fingerprint density at radius 2 is 2.00 bits per heavy atom. The molecule has 0 spiro atoms. The lowest BCUT2D eigenvalue weighted by Gasteiger charge is -2.17. The Labute approximate surface area is 120 Å². The van der Waals surface area contributed by atoms with Crippen LogP contribution in [0, 0.1) is 6.92 Å². The minimum atomic E-state index is -0.325. The van der Waals surface area contributed by atoms with Crippen molar-refractivity contribution >= 4 is 34.5 Å². The van der Waals surface area contributed by atoms with Gasteiger partial charge in [-0.05, 0) is 21.0 Å². The van der Waals surface area contributed by atoms with Gasteiger partial charge in [0.25, 0.3) is 0 Å². The van der Waals surface area contributed by atoms with E-state index in [1.807, 2.05) is 19.0 Å². The van der Waals surface area contributed by atoms with E-state index in [9.17, 15) is 9.59 Å². The first kappa shape index (κ1) is 14.2. The van der Waals surface area contributed by atoms with E-state index in [0.29, 0.717) is 16.4 Å². The number of ketones is 2. The molecule has 1 aromatic heterocycles. The van der Waals surface area contributed by atoms with Crippen LogP contribution in [0.25, 0.3) is 0 Å². The fraction of sp³-hybridized carbons (Fsp3) is 0.417. The molecule has 0 amide bonds. The van der Waals surface area contributed by atoms with E-state index >= 15 is 0 Å². The number of aryl methyl sites for hydroxylation is 1. The molecule has 0 radical (unpaired) electrons. The lowest BCUT2D eigenvalue weighted by molar-refractivity contribution is 0.0974. The minimum Gasteiger partial charge on any atom is -0.379 e. The monoisotopic (exact) mass is 299 g/mol. The zero-order chi connectivity index (χ0) is 14.2. The van der Waals surface area contributed by atoms with E-state index in [2.05, 4.69) is 10.3 Å². The van der Waals surface area contributed by atoms with Crippen LogP contribution in [0.5, 0.6) is 0 Å². The molecule has 102 valence electrons. The van der Waals surface area contributed by atoms with E-state index in [0.717, 1.165) is 6.54 Å². The van der Waals surface area contributed by atoms with Gasteiger partial charge in [0, 0.05) is 13.1 Å². The van der Waals surface area contributed by atoms with Crippen molar-refractivity contribution in [3.05, 3.63) is 26.3 Å². The van der Waals surface area contributed by atoms with Crippen LogP contribution in [0.4, 0.5) is 0 Å². The molecule has 0 bridgehead atoms. The lowest BCUT2D eigenvalue weighted by Crippen LogP contribution is -2.33. The van der Waals surface area contributed by atoms with Crippen molar-refractivity contribution in [2.45, 2.75) is 6.92 Å². The fourth-order valence-corrected chi connectivity index (χ4v) is 2.89. The van der Waals surface area contributed by atoms with Crippen LogP contribution in [0.3, 0.4) is 0 Å². The van der Waals surface area contributed by atoms with Crippen LogP contribution in [-0.4, -0.2) is 48.6 Å². The Balaban J connectivity index is 2.26. The fourth-order valence-electron chi connectivity index (χ4n) is 1.73. The SMILES string of the molecule is Cc1nc2c(s1)C(=O)C(Cl)=C(NCCN(C)C)C2=O. The van der Waals surface area contributed by atoms with Crippen LogP contribution in [0.15, 0.2) is 10.7 Å². The van der Waals surface area contributed by atoms with E-state index < -0.39 is 0 Å². The first-order chi connectivity index (χ1) is 8.91. The first-order valence-electron chi connectivity index (χ1n) is 5.77. The van der Waals surface area contributed by atoms with Crippen molar-refractivity contribution in [3.8, 4) is 0 Å². The van der Waals surface area contributed by atoms with Gasteiger partial charge in [-0.15, -0.1) is 11.3 Å². The molecular weight excluding hydrogens is 286 g/mol. The summed E-state index contributed by atoms with van der Waals surface area (Å²) in [5, 5.41) is 3.58. The molecular formula is C12H14ClN3O2S. The minimum absolute atomic E-state index is 0.0418. The normalized spacial score (nSPS) is 15.2. The van der Waals surface area contributed by atoms with E-state index in [1.165, 1.54) is 11.3 Å². The molecule has 0 saturated carbocycles. The number of nitrogens with zero attached hydrogens (tertiary/aromatic N) is 2. The predicted octanol–water partition coefficient (Wildman–Crippen LogP) is 1.43. The van der Waals surface area contributed by atoms with Crippen LogP contribution in [0.1, 0.15) is 25.2 Å². The molecule has 1 aliphatic carbocycles. The van der Waals surface area contributed by atoms with Crippen LogP contribution < -0.4 is 5.32 Å². The molecule has 0 atom stereocenters. The number of rotatable bonds is 4. The number of aromatic nitrogens is 1. The maximum Gasteiger partial charge on any atom is 0.230 e. The molecule has 0 saturated heterocycles. The highest BCUT2D eigenvalue weighted by atomic mass is 35.5. The summed E-state index contributed by atoms with van der Waals surface area (Å²) in [7, 11) is 3.85. The highest BCUT2D eigenvalue weighted by molar-refractivity contribution is 7.14. The van der Waals surface area contributed by atoms with Gasteiger partial charge >= 0.3 is 0 Å². The number of carbonyl (C=O) groups is 2. The second kappa shape index (κ2) is 5.40. The van der Waals surface area contributed by atoms with Gasteiger partial charge in [0.2, 0.25) is 11.6 Å². The molecule has 1 aromatic rings. The standard InChI is InChI=1S/C12H14ClN3O2S/c1-6-15-9-11(18)8(14-4-5-16(2)3)7(13)10(17)12(9)19-6/h14H,4-5H2,1-3H3. The molecule has 1 aliphatic rings. The van der Waals surface area contributed by atoms with Gasteiger partial charge < -0.3 is 10.2 Å². The Morgan fingerprint density at radius 3 is 2.63 bits per heavy atom. The summed E-state index contributed by atoms with van der Waals surface area (Å²) in [4.78, 5) is 30.7. The molecule has 19 heavy (non-hydrogen) atoms. The van der Waals surface area contributed by atoms with Crippen LogP contribution in [-0.2, 0) is 0 Å². The van der Waals surface area contributed by atoms with Crippen molar-refractivity contribution in [2.75, 3.05) is 27.2 Å². The van der Waals surface area contributed by atoms with Crippen LogP contribution >= 0.6 is 22.9 Å². The second-order valence-corrected chi connectivity index (χ2v) is 6.07. The van der Waals surface area contributed by atoms with Crippen LogP contribution in [0.2, 0.25) is 0 Å². The molecule has 2 rings (SSSR count). The third kappa shape index (κ3) is 2.70. The van der Waals surface area contributed by atoms with Gasteiger partial charge in [-0.1, -0.05) is 11.6 Å². The molecule has 5 nitrogen and oxygen atoms in total. The molecule has 1 heterocycles. The predicted molar refractivity (Wildman–Crippen MR) is 74.9 cm³/mol. The largest absolute Gasteiger partial charge is 0.379 e. The number of carbonyl (C=O) groups excluding carboxylic acids is 2. The van der Waals surface area contributed by atoms with Gasteiger partial charge in [0.1, 0.15) is 21.3 Å². The molecule has 0 fully saturated rings. The molecule has 0 unspecified atom stereocenters. The molecule has 0 aromatic carbocycles. The lowest BCUT2D eigenvalue weighted by atomic mass is 10.0. The average Bonchev–Trinajstić information content (AvgIpc) is 2.73. The van der Waals surface area contributed by atoms with Crippen molar-refractivity contribution < 1.29 is 9.59 Å². The van der Waals surface area contributed by atoms with Crippen molar-refractivity contribution in [1.82, 2.24) is 15.2 Å². The zero-order valence-corrected chi connectivity index (χ0v) is 12.5.